The SMILES string of the molecule is CC1CCN(CC(=O)N2CCCC(COc3cccc(Cl)c3)(CC(N)=O)C2)CC1. The molecule has 3 rings (SSSR count). The van der Waals surface area contributed by atoms with E-state index in [1.807, 2.05) is 17.0 Å². The second kappa shape index (κ2) is 9.81. The second-order valence-electron chi connectivity index (χ2n) is 8.77. The maximum absolute atomic E-state index is 13.0. The molecule has 1 atom stereocenters. The average molecular weight is 422 g/mol. The van der Waals surface area contributed by atoms with E-state index < -0.39 is 5.41 Å². The maximum Gasteiger partial charge on any atom is 0.236 e. The van der Waals surface area contributed by atoms with E-state index >= 15 is 0 Å². The maximum atomic E-state index is 13.0. The van der Waals surface area contributed by atoms with E-state index in [1.165, 1.54) is 0 Å². The molecule has 0 bridgehead atoms. The Morgan fingerprint density at radius 1 is 1.28 bits per heavy atom. The normalized spacial score (nSPS) is 23.7. The van der Waals surface area contributed by atoms with Crippen LogP contribution in [0.3, 0.4) is 0 Å². The third-order valence-electron chi connectivity index (χ3n) is 6.14. The van der Waals surface area contributed by atoms with Crippen LogP contribution in [-0.4, -0.2) is 60.9 Å². The van der Waals surface area contributed by atoms with Crippen LogP contribution in [0.4, 0.5) is 0 Å². The summed E-state index contributed by atoms with van der Waals surface area (Å²) in [6.45, 7) is 6.23. The summed E-state index contributed by atoms with van der Waals surface area (Å²) < 4.78 is 5.98. The predicted molar refractivity (Wildman–Crippen MR) is 114 cm³/mol. The van der Waals surface area contributed by atoms with Gasteiger partial charge in [-0.05, 0) is 62.9 Å². The van der Waals surface area contributed by atoms with Gasteiger partial charge in [-0.15, -0.1) is 0 Å². The molecule has 0 aromatic heterocycles. The minimum absolute atomic E-state index is 0.135. The van der Waals surface area contributed by atoms with E-state index in [0.29, 0.717) is 30.5 Å². The molecule has 2 heterocycles. The number of piperidine rings is 2. The minimum Gasteiger partial charge on any atom is -0.493 e. The van der Waals surface area contributed by atoms with Crippen molar-refractivity contribution in [3.8, 4) is 5.75 Å². The van der Waals surface area contributed by atoms with Gasteiger partial charge in [0, 0.05) is 29.9 Å². The van der Waals surface area contributed by atoms with Gasteiger partial charge in [0.15, 0.2) is 0 Å². The van der Waals surface area contributed by atoms with Crippen molar-refractivity contribution in [2.24, 2.45) is 17.1 Å². The van der Waals surface area contributed by atoms with Crippen LogP contribution in [0, 0.1) is 11.3 Å². The molecule has 1 unspecified atom stereocenters. The van der Waals surface area contributed by atoms with Crippen LogP contribution < -0.4 is 10.5 Å². The second-order valence-corrected chi connectivity index (χ2v) is 9.20. The van der Waals surface area contributed by atoms with Crippen molar-refractivity contribution in [2.45, 2.75) is 39.0 Å². The standard InChI is InChI=1S/C22H32ClN3O3/c1-17-6-10-25(11-7-17)14-21(28)26-9-3-8-22(15-26,13-20(24)27)16-29-19-5-2-4-18(23)12-19/h2,4-5,12,17H,3,6-11,13-16H2,1H3,(H2,24,27). The third kappa shape index (κ3) is 6.34. The van der Waals surface area contributed by atoms with Crippen molar-refractivity contribution in [1.29, 1.82) is 0 Å². The Morgan fingerprint density at radius 2 is 2.03 bits per heavy atom. The molecule has 0 saturated carbocycles. The number of carbonyl (C=O) groups excluding carboxylic acids is 2. The fourth-order valence-corrected chi connectivity index (χ4v) is 4.59. The van der Waals surface area contributed by atoms with Gasteiger partial charge in [-0.25, -0.2) is 0 Å². The van der Waals surface area contributed by atoms with Gasteiger partial charge in [-0.2, -0.15) is 0 Å². The van der Waals surface area contributed by atoms with Gasteiger partial charge in [0.05, 0.1) is 13.2 Å². The van der Waals surface area contributed by atoms with Crippen molar-refractivity contribution in [3.63, 3.8) is 0 Å². The zero-order valence-electron chi connectivity index (χ0n) is 17.2. The number of nitrogens with zero attached hydrogens (tertiary/aromatic N) is 2. The van der Waals surface area contributed by atoms with Crippen molar-refractivity contribution in [1.82, 2.24) is 9.80 Å². The highest BCUT2D eigenvalue weighted by Crippen LogP contribution is 2.35. The van der Waals surface area contributed by atoms with Crippen molar-refractivity contribution < 1.29 is 14.3 Å². The van der Waals surface area contributed by atoms with Crippen molar-refractivity contribution >= 4 is 23.4 Å². The molecule has 2 N–H and O–H groups in total. The smallest absolute Gasteiger partial charge is 0.236 e. The van der Waals surface area contributed by atoms with Gasteiger partial charge in [-0.3, -0.25) is 14.5 Å². The molecule has 2 aliphatic heterocycles. The quantitative estimate of drug-likeness (QED) is 0.734. The van der Waals surface area contributed by atoms with Crippen molar-refractivity contribution in [2.75, 3.05) is 39.3 Å². The monoisotopic (exact) mass is 421 g/mol. The first-order valence-corrected chi connectivity index (χ1v) is 10.9. The zero-order chi connectivity index (χ0) is 20.9. The minimum atomic E-state index is -0.460. The molecule has 2 aliphatic rings. The van der Waals surface area contributed by atoms with Crippen LogP contribution >= 0.6 is 11.6 Å². The van der Waals surface area contributed by atoms with Crippen molar-refractivity contribution in [3.05, 3.63) is 29.3 Å². The first kappa shape index (κ1) is 21.9. The van der Waals surface area contributed by atoms with Crippen LogP contribution in [-0.2, 0) is 9.59 Å². The molecule has 2 fully saturated rings. The first-order chi connectivity index (χ1) is 13.8. The largest absolute Gasteiger partial charge is 0.493 e. The summed E-state index contributed by atoms with van der Waals surface area (Å²) in [6.07, 6.45) is 4.15. The number of primary amides is 1. The van der Waals surface area contributed by atoms with E-state index in [2.05, 4.69) is 11.8 Å². The lowest BCUT2D eigenvalue weighted by Gasteiger charge is -2.43. The molecule has 29 heavy (non-hydrogen) atoms. The number of hydrogen-bond acceptors (Lipinski definition) is 4. The number of rotatable bonds is 7. The number of amides is 2. The molecule has 1 aromatic rings. The molecule has 0 radical (unpaired) electrons. The van der Waals surface area contributed by atoms with Gasteiger partial charge in [0.1, 0.15) is 5.75 Å². The predicted octanol–water partition coefficient (Wildman–Crippen LogP) is 2.93. The van der Waals surface area contributed by atoms with E-state index in [1.54, 1.807) is 12.1 Å². The van der Waals surface area contributed by atoms with Gasteiger partial charge >= 0.3 is 0 Å². The van der Waals surface area contributed by atoms with E-state index in [4.69, 9.17) is 22.1 Å². The lowest BCUT2D eigenvalue weighted by molar-refractivity contribution is -0.138. The summed E-state index contributed by atoms with van der Waals surface area (Å²) in [4.78, 5) is 28.9. The third-order valence-corrected chi connectivity index (χ3v) is 6.37. The first-order valence-electron chi connectivity index (χ1n) is 10.5. The number of hydrogen-bond donors (Lipinski definition) is 1. The number of carbonyl (C=O) groups is 2. The summed E-state index contributed by atoms with van der Waals surface area (Å²) in [6, 6.07) is 7.21. The Hall–Kier alpha value is -1.79. The summed E-state index contributed by atoms with van der Waals surface area (Å²) in [7, 11) is 0. The number of nitrogens with two attached hydrogens (primary N) is 1. The number of benzene rings is 1. The van der Waals surface area contributed by atoms with Crippen LogP contribution in [0.5, 0.6) is 5.75 Å². The molecule has 6 nitrogen and oxygen atoms in total. The zero-order valence-corrected chi connectivity index (χ0v) is 18.0. The van der Waals surface area contributed by atoms with Crippen LogP contribution in [0.1, 0.15) is 39.0 Å². The highest BCUT2D eigenvalue weighted by Gasteiger charge is 2.39. The van der Waals surface area contributed by atoms with Gasteiger partial charge in [0.2, 0.25) is 11.8 Å². The molecule has 2 saturated heterocycles. The Kier molecular flexibility index (Phi) is 7.41. The van der Waals surface area contributed by atoms with Crippen LogP contribution in [0.25, 0.3) is 0 Å². The fourth-order valence-electron chi connectivity index (χ4n) is 4.41. The number of likely N-dealkylation sites (tertiary alicyclic amines) is 2. The molecule has 0 aliphatic carbocycles. The van der Waals surface area contributed by atoms with Gasteiger partial charge < -0.3 is 15.4 Å². The van der Waals surface area contributed by atoms with E-state index in [0.717, 1.165) is 51.2 Å². The van der Waals surface area contributed by atoms with Crippen LogP contribution in [0.2, 0.25) is 5.02 Å². The Balaban J connectivity index is 1.63. The van der Waals surface area contributed by atoms with E-state index in [9.17, 15) is 9.59 Å². The molecular formula is C22H32ClN3O3. The fraction of sp³-hybridized carbons (Fsp3) is 0.636. The lowest BCUT2D eigenvalue weighted by Crippen LogP contribution is -2.52. The highest BCUT2D eigenvalue weighted by molar-refractivity contribution is 6.30. The van der Waals surface area contributed by atoms with Gasteiger partial charge in [-0.1, -0.05) is 24.6 Å². The number of halogens is 1. The summed E-state index contributed by atoms with van der Waals surface area (Å²) >= 11 is 6.04. The average Bonchev–Trinajstić information content (AvgIpc) is 2.68. The number of ether oxygens (including phenoxy) is 1. The van der Waals surface area contributed by atoms with E-state index in [-0.39, 0.29) is 18.2 Å². The highest BCUT2D eigenvalue weighted by atomic mass is 35.5. The molecule has 1 aromatic carbocycles. The Labute approximate surface area is 178 Å². The topological polar surface area (TPSA) is 75.9 Å². The summed E-state index contributed by atoms with van der Waals surface area (Å²) in [5, 5.41) is 0.600. The molecule has 2 amide bonds. The molecular weight excluding hydrogens is 390 g/mol. The molecule has 160 valence electrons. The Morgan fingerprint density at radius 3 is 2.72 bits per heavy atom. The van der Waals surface area contributed by atoms with Gasteiger partial charge in [0.25, 0.3) is 0 Å². The Bertz CT molecular complexity index is 721. The lowest BCUT2D eigenvalue weighted by atomic mass is 9.77. The molecule has 7 heteroatoms. The molecule has 0 spiro atoms. The summed E-state index contributed by atoms with van der Waals surface area (Å²) in [5.74, 6) is 1.17. The summed E-state index contributed by atoms with van der Waals surface area (Å²) in [5.41, 5.74) is 5.10. The van der Waals surface area contributed by atoms with Crippen LogP contribution in [0.15, 0.2) is 24.3 Å².